The third-order valence-corrected chi connectivity index (χ3v) is 4.16. The van der Waals surface area contributed by atoms with Gasteiger partial charge in [-0.05, 0) is 37.9 Å². The molecule has 0 amide bonds. The summed E-state index contributed by atoms with van der Waals surface area (Å²) < 4.78 is 0. The molecule has 1 saturated carbocycles. The largest absolute Gasteiger partial charge is 0.375 e. The van der Waals surface area contributed by atoms with Crippen LogP contribution in [0.5, 0.6) is 0 Å². The van der Waals surface area contributed by atoms with Gasteiger partial charge in [0.2, 0.25) is 0 Å². The lowest BCUT2D eigenvalue weighted by Crippen LogP contribution is -2.31. The lowest BCUT2D eigenvalue weighted by atomic mass is 10.1. The van der Waals surface area contributed by atoms with Gasteiger partial charge in [0.15, 0.2) is 0 Å². The Kier molecular flexibility index (Phi) is 6.22. The second kappa shape index (κ2) is 8.21. The molecule has 1 aliphatic rings. The molecule has 1 aromatic rings. The van der Waals surface area contributed by atoms with Gasteiger partial charge in [0, 0.05) is 25.3 Å². The van der Waals surface area contributed by atoms with Crippen molar-refractivity contribution in [3.63, 3.8) is 0 Å². The Morgan fingerprint density at radius 3 is 2.42 bits per heavy atom. The van der Waals surface area contributed by atoms with E-state index >= 15 is 0 Å². The molecule has 1 N–H and O–H groups in total. The van der Waals surface area contributed by atoms with E-state index in [4.69, 9.17) is 0 Å². The Bertz CT molecular complexity index is 328. The van der Waals surface area contributed by atoms with E-state index in [1.165, 1.54) is 50.6 Å². The monoisotopic (exact) mass is 260 g/mol. The highest BCUT2D eigenvalue weighted by molar-refractivity contribution is 5.44. The molecule has 2 nitrogen and oxygen atoms in total. The van der Waals surface area contributed by atoms with Crippen LogP contribution in [0.4, 0.5) is 5.69 Å². The predicted molar refractivity (Wildman–Crippen MR) is 83.8 cm³/mol. The molecule has 0 bridgehead atoms. The Balaban J connectivity index is 1.61. The van der Waals surface area contributed by atoms with Gasteiger partial charge in [-0.3, -0.25) is 0 Å². The molecule has 106 valence electrons. The highest BCUT2D eigenvalue weighted by Gasteiger charge is 2.10. The van der Waals surface area contributed by atoms with Gasteiger partial charge < -0.3 is 10.2 Å². The maximum atomic E-state index is 3.74. The first-order valence-electron chi connectivity index (χ1n) is 7.86. The number of para-hydroxylation sites is 1. The average Bonchev–Trinajstić information content (AvgIpc) is 2.73. The summed E-state index contributed by atoms with van der Waals surface area (Å²) in [6.45, 7) is 2.28. The number of hydrogen-bond acceptors (Lipinski definition) is 2. The van der Waals surface area contributed by atoms with Crippen LogP contribution in [0.15, 0.2) is 30.3 Å². The minimum Gasteiger partial charge on any atom is -0.375 e. The Labute approximate surface area is 118 Å². The van der Waals surface area contributed by atoms with Crippen molar-refractivity contribution in [1.82, 2.24) is 5.32 Å². The van der Waals surface area contributed by atoms with Crippen molar-refractivity contribution in [1.29, 1.82) is 0 Å². The minimum absolute atomic E-state index is 0.782. The maximum absolute atomic E-state index is 3.74. The van der Waals surface area contributed by atoms with Crippen molar-refractivity contribution in [3.8, 4) is 0 Å². The Hall–Kier alpha value is -1.02. The summed E-state index contributed by atoms with van der Waals surface area (Å²) in [5.74, 6) is 0. The lowest BCUT2D eigenvalue weighted by molar-refractivity contribution is 0.456. The van der Waals surface area contributed by atoms with E-state index in [0.29, 0.717) is 0 Å². The van der Waals surface area contributed by atoms with E-state index in [0.717, 1.165) is 19.1 Å². The molecule has 0 radical (unpaired) electrons. The molecule has 2 rings (SSSR count). The number of nitrogens with one attached hydrogen (secondary N) is 1. The minimum atomic E-state index is 0.782. The van der Waals surface area contributed by atoms with Gasteiger partial charge in [-0.25, -0.2) is 0 Å². The van der Waals surface area contributed by atoms with Gasteiger partial charge in [0.05, 0.1) is 0 Å². The summed E-state index contributed by atoms with van der Waals surface area (Å²) in [6.07, 6.45) is 9.71. The van der Waals surface area contributed by atoms with Crippen LogP contribution in [-0.2, 0) is 0 Å². The topological polar surface area (TPSA) is 15.3 Å². The SMILES string of the molecule is CN(CCCNC1CCCCCC1)c1ccccc1. The molecule has 0 saturated heterocycles. The van der Waals surface area contributed by atoms with Crippen molar-refractivity contribution in [2.24, 2.45) is 0 Å². The van der Waals surface area contributed by atoms with Gasteiger partial charge in [0.1, 0.15) is 0 Å². The van der Waals surface area contributed by atoms with Gasteiger partial charge in [-0.2, -0.15) is 0 Å². The lowest BCUT2D eigenvalue weighted by Gasteiger charge is -2.21. The summed E-state index contributed by atoms with van der Waals surface area (Å²) in [5, 5.41) is 3.74. The molecule has 0 aromatic heterocycles. The molecule has 0 heterocycles. The third-order valence-electron chi connectivity index (χ3n) is 4.16. The highest BCUT2D eigenvalue weighted by atomic mass is 15.1. The molecule has 1 fully saturated rings. The van der Waals surface area contributed by atoms with E-state index < -0.39 is 0 Å². The van der Waals surface area contributed by atoms with Gasteiger partial charge in [0.25, 0.3) is 0 Å². The van der Waals surface area contributed by atoms with Gasteiger partial charge in [-0.1, -0.05) is 43.9 Å². The molecule has 1 aliphatic carbocycles. The van der Waals surface area contributed by atoms with Crippen LogP contribution in [0.25, 0.3) is 0 Å². The van der Waals surface area contributed by atoms with Crippen LogP contribution in [0.2, 0.25) is 0 Å². The van der Waals surface area contributed by atoms with Crippen molar-refractivity contribution >= 4 is 5.69 Å². The standard InChI is InChI=1S/C17H28N2/c1-19(17-12-7-4-8-13-17)15-9-14-18-16-10-5-2-3-6-11-16/h4,7-8,12-13,16,18H,2-3,5-6,9-11,14-15H2,1H3. The third kappa shape index (κ3) is 5.23. The second-order valence-corrected chi connectivity index (χ2v) is 5.75. The summed E-state index contributed by atoms with van der Waals surface area (Å²) in [5.41, 5.74) is 1.32. The first-order valence-corrected chi connectivity index (χ1v) is 7.86. The molecule has 2 heteroatoms. The molecule has 0 spiro atoms. The van der Waals surface area contributed by atoms with E-state index in [1.807, 2.05) is 0 Å². The summed E-state index contributed by atoms with van der Waals surface area (Å²) in [4.78, 5) is 2.34. The number of benzene rings is 1. The summed E-state index contributed by atoms with van der Waals surface area (Å²) in [6, 6.07) is 11.4. The number of hydrogen-bond donors (Lipinski definition) is 1. The second-order valence-electron chi connectivity index (χ2n) is 5.75. The zero-order chi connectivity index (χ0) is 13.3. The number of rotatable bonds is 6. The van der Waals surface area contributed by atoms with E-state index in [2.05, 4.69) is 47.6 Å². The van der Waals surface area contributed by atoms with Crippen LogP contribution in [0, 0.1) is 0 Å². The fraction of sp³-hybridized carbons (Fsp3) is 0.647. The number of nitrogens with zero attached hydrogens (tertiary/aromatic N) is 1. The smallest absolute Gasteiger partial charge is 0.0363 e. The van der Waals surface area contributed by atoms with Crippen LogP contribution >= 0.6 is 0 Å². The molecule has 0 atom stereocenters. The fourth-order valence-corrected chi connectivity index (χ4v) is 2.92. The molecule has 0 unspecified atom stereocenters. The predicted octanol–water partition coefficient (Wildman–Crippen LogP) is 3.83. The van der Waals surface area contributed by atoms with Crippen molar-refractivity contribution in [2.75, 3.05) is 25.0 Å². The van der Waals surface area contributed by atoms with E-state index in [1.54, 1.807) is 0 Å². The molecule has 0 aliphatic heterocycles. The molecule has 19 heavy (non-hydrogen) atoms. The van der Waals surface area contributed by atoms with Crippen LogP contribution in [-0.4, -0.2) is 26.2 Å². The fourth-order valence-electron chi connectivity index (χ4n) is 2.92. The molecular weight excluding hydrogens is 232 g/mol. The van der Waals surface area contributed by atoms with Crippen LogP contribution in [0.1, 0.15) is 44.9 Å². The Morgan fingerprint density at radius 2 is 1.74 bits per heavy atom. The van der Waals surface area contributed by atoms with Crippen molar-refractivity contribution in [3.05, 3.63) is 30.3 Å². The quantitative estimate of drug-likeness (QED) is 0.618. The maximum Gasteiger partial charge on any atom is 0.0363 e. The van der Waals surface area contributed by atoms with E-state index in [9.17, 15) is 0 Å². The zero-order valence-electron chi connectivity index (χ0n) is 12.3. The normalized spacial score (nSPS) is 17.1. The molecule has 1 aromatic carbocycles. The first-order chi connectivity index (χ1) is 9.36. The average molecular weight is 260 g/mol. The van der Waals surface area contributed by atoms with E-state index in [-0.39, 0.29) is 0 Å². The van der Waals surface area contributed by atoms with Gasteiger partial charge >= 0.3 is 0 Å². The summed E-state index contributed by atoms with van der Waals surface area (Å²) >= 11 is 0. The number of anilines is 1. The van der Waals surface area contributed by atoms with Crippen LogP contribution < -0.4 is 10.2 Å². The highest BCUT2D eigenvalue weighted by Crippen LogP contribution is 2.17. The van der Waals surface area contributed by atoms with Gasteiger partial charge in [-0.15, -0.1) is 0 Å². The molecular formula is C17H28N2. The summed E-state index contributed by atoms with van der Waals surface area (Å²) in [7, 11) is 2.18. The Morgan fingerprint density at radius 1 is 1.05 bits per heavy atom. The zero-order valence-corrected chi connectivity index (χ0v) is 12.3. The van der Waals surface area contributed by atoms with Crippen molar-refractivity contribution < 1.29 is 0 Å². The van der Waals surface area contributed by atoms with Crippen LogP contribution in [0.3, 0.4) is 0 Å². The van der Waals surface area contributed by atoms with Crippen molar-refractivity contribution in [2.45, 2.75) is 51.0 Å². The first kappa shape index (κ1) is 14.4.